The highest BCUT2D eigenvalue weighted by Gasteiger charge is 2.18. The van der Waals surface area contributed by atoms with Gasteiger partial charge >= 0.3 is 0 Å². The van der Waals surface area contributed by atoms with E-state index in [2.05, 4.69) is 10.0 Å². The molecular formula is C23H24N2O4S. The smallest absolute Gasteiger partial charge is 0.256 e. The fourth-order valence-corrected chi connectivity index (χ4v) is 4.08. The normalized spacial score (nSPS) is 11.1. The van der Waals surface area contributed by atoms with E-state index in [0.717, 1.165) is 11.1 Å². The Kier molecular flexibility index (Phi) is 6.87. The first kappa shape index (κ1) is 21.5. The number of anilines is 1. The van der Waals surface area contributed by atoms with Crippen LogP contribution >= 0.6 is 0 Å². The number of ether oxygens (including phenoxy) is 1. The van der Waals surface area contributed by atoms with Crippen molar-refractivity contribution in [2.24, 2.45) is 0 Å². The number of sulfonamides is 1. The van der Waals surface area contributed by atoms with Crippen LogP contribution < -0.4 is 14.8 Å². The second kappa shape index (κ2) is 9.56. The second-order valence-electron chi connectivity index (χ2n) is 6.76. The van der Waals surface area contributed by atoms with Crippen LogP contribution in [0.5, 0.6) is 5.75 Å². The van der Waals surface area contributed by atoms with Crippen LogP contribution in [0.3, 0.4) is 0 Å². The Balaban J connectivity index is 1.77. The van der Waals surface area contributed by atoms with E-state index >= 15 is 0 Å². The molecule has 0 heterocycles. The Morgan fingerprint density at radius 3 is 2.37 bits per heavy atom. The predicted octanol–water partition coefficient (Wildman–Crippen LogP) is 3.78. The predicted molar refractivity (Wildman–Crippen MR) is 117 cm³/mol. The molecule has 0 bridgehead atoms. The molecule has 0 aliphatic heterocycles. The van der Waals surface area contributed by atoms with Gasteiger partial charge in [0, 0.05) is 12.1 Å². The lowest BCUT2D eigenvalue weighted by Gasteiger charge is -2.14. The van der Waals surface area contributed by atoms with E-state index in [1.54, 1.807) is 12.1 Å². The van der Waals surface area contributed by atoms with Gasteiger partial charge in [0.15, 0.2) is 0 Å². The van der Waals surface area contributed by atoms with Crippen LogP contribution in [0.25, 0.3) is 0 Å². The Labute approximate surface area is 177 Å². The van der Waals surface area contributed by atoms with Crippen molar-refractivity contribution in [3.63, 3.8) is 0 Å². The number of hydrogen-bond donors (Lipinski definition) is 2. The number of amides is 1. The molecule has 0 fully saturated rings. The number of hydrogen-bond acceptors (Lipinski definition) is 4. The summed E-state index contributed by atoms with van der Waals surface area (Å²) >= 11 is 0. The van der Waals surface area contributed by atoms with Crippen LogP contribution in [0.2, 0.25) is 0 Å². The van der Waals surface area contributed by atoms with Gasteiger partial charge in [-0.1, -0.05) is 48.5 Å². The van der Waals surface area contributed by atoms with Gasteiger partial charge in [-0.3, -0.25) is 4.79 Å². The highest BCUT2D eigenvalue weighted by Crippen LogP contribution is 2.28. The number of methoxy groups -OCH3 is 1. The molecule has 0 radical (unpaired) electrons. The van der Waals surface area contributed by atoms with Crippen LogP contribution in [-0.4, -0.2) is 28.0 Å². The van der Waals surface area contributed by atoms with Crippen molar-refractivity contribution < 1.29 is 17.9 Å². The largest absolute Gasteiger partial charge is 0.495 e. The van der Waals surface area contributed by atoms with Crippen LogP contribution in [0.1, 0.15) is 21.5 Å². The van der Waals surface area contributed by atoms with E-state index in [1.165, 1.54) is 25.3 Å². The molecule has 3 rings (SSSR count). The van der Waals surface area contributed by atoms with E-state index < -0.39 is 10.0 Å². The zero-order valence-corrected chi connectivity index (χ0v) is 17.7. The monoisotopic (exact) mass is 424 g/mol. The summed E-state index contributed by atoms with van der Waals surface area (Å²) in [7, 11) is -2.28. The molecule has 0 aliphatic rings. The van der Waals surface area contributed by atoms with Crippen molar-refractivity contribution in [1.29, 1.82) is 0 Å². The molecule has 0 saturated carbocycles. The Hall–Kier alpha value is -3.16. The Morgan fingerprint density at radius 1 is 0.967 bits per heavy atom. The lowest BCUT2D eigenvalue weighted by Crippen LogP contribution is -2.26. The molecule has 1 amide bonds. The van der Waals surface area contributed by atoms with Gasteiger partial charge in [0.25, 0.3) is 5.91 Å². The maximum absolute atomic E-state index is 12.7. The molecule has 30 heavy (non-hydrogen) atoms. The summed E-state index contributed by atoms with van der Waals surface area (Å²) in [6, 6.07) is 21.2. The van der Waals surface area contributed by atoms with Crippen LogP contribution in [-0.2, 0) is 16.4 Å². The zero-order chi connectivity index (χ0) is 21.6. The summed E-state index contributed by atoms with van der Waals surface area (Å²) in [6.07, 6.45) is 0.576. The molecule has 3 aromatic carbocycles. The van der Waals surface area contributed by atoms with Crippen molar-refractivity contribution >= 4 is 21.6 Å². The molecular weight excluding hydrogens is 400 g/mol. The molecule has 2 N–H and O–H groups in total. The minimum absolute atomic E-state index is 0.0523. The van der Waals surface area contributed by atoms with Crippen LogP contribution in [0, 0.1) is 6.92 Å². The number of nitrogens with one attached hydrogen (secondary N) is 2. The van der Waals surface area contributed by atoms with E-state index in [0.29, 0.717) is 17.7 Å². The Morgan fingerprint density at radius 2 is 1.67 bits per heavy atom. The molecule has 0 atom stereocenters. The van der Waals surface area contributed by atoms with Crippen molar-refractivity contribution in [2.45, 2.75) is 18.2 Å². The molecule has 0 saturated heterocycles. The third-order valence-corrected chi connectivity index (χ3v) is 6.13. The molecule has 156 valence electrons. The molecule has 3 aromatic rings. The number of benzene rings is 3. The topological polar surface area (TPSA) is 84.5 Å². The SMILES string of the molecule is COc1ccc(S(=O)(=O)NCCc2ccccc2)cc1NC(=O)c1ccccc1C. The fourth-order valence-electron chi connectivity index (χ4n) is 3.03. The van der Waals surface area contributed by atoms with Gasteiger partial charge < -0.3 is 10.1 Å². The van der Waals surface area contributed by atoms with Crippen molar-refractivity contribution in [1.82, 2.24) is 4.72 Å². The van der Waals surface area contributed by atoms with Gasteiger partial charge in [0.2, 0.25) is 10.0 Å². The van der Waals surface area contributed by atoms with Gasteiger partial charge in [-0.2, -0.15) is 0 Å². The van der Waals surface area contributed by atoms with Gasteiger partial charge in [-0.25, -0.2) is 13.1 Å². The van der Waals surface area contributed by atoms with E-state index in [9.17, 15) is 13.2 Å². The van der Waals surface area contributed by atoms with Crippen molar-refractivity contribution in [3.05, 3.63) is 89.5 Å². The third kappa shape index (κ3) is 5.25. The fraction of sp³-hybridized carbons (Fsp3) is 0.174. The first-order valence-electron chi connectivity index (χ1n) is 9.49. The quantitative estimate of drug-likeness (QED) is 0.576. The number of aryl methyl sites for hydroxylation is 1. The molecule has 6 nitrogen and oxygen atoms in total. The van der Waals surface area contributed by atoms with Crippen molar-refractivity contribution in [2.75, 3.05) is 19.0 Å². The summed E-state index contributed by atoms with van der Waals surface area (Å²) < 4.78 is 33.3. The second-order valence-corrected chi connectivity index (χ2v) is 8.53. The van der Waals surface area contributed by atoms with E-state index in [-0.39, 0.29) is 23.0 Å². The number of carbonyl (C=O) groups excluding carboxylic acids is 1. The summed E-state index contributed by atoms with van der Waals surface area (Å²) in [4.78, 5) is 12.7. The lowest BCUT2D eigenvalue weighted by atomic mass is 10.1. The molecule has 0 unspecified atom stereocenters. The summed E-state index contributed by atoms with van der Waals surface area (Å²) in [5, 5.41) is 2.76. The standard InChI is InChI=1S/C23H24N2O4S/c1-17-8-6-7-11-20(17)23(26)25-21-16-19(12-13-22(21)29-2)30(27,28)24-15-14-18-9-4-3-5-10-18/h3-13,16,24H,14-15H2,1-2H3,(H,25,26). The first-order chi connectivity index (χ1) is 14.4. The Bertz CT molecular complexity index is 1130. The molecule has 0 aliphatic carbocycles. The highest BCUT2D eigenvalue weighted by atomic mass is 32.2. The highest BCUT2D eigenvalue weighted by molar-refractivity contribution is 7.89. The van der Waals surface area contributed by atoms with Gasteiger partial charge in [-0.05, 0) is 48.7 Å². The molecule has 7 heteroatoms. The molecule has 0 spiro atoms. The summed E-state index contributed by atoms with van der Waals surface area (Å²) in [5.74, 6) is 0.0400. The van der Waals surface area contributed by atoms with E-state index in [4.69, 9.17) is 4.74 Å². The molecule has 0 aromatic heterocycles. The zero-order valence-electron chi connectivity index (χ0n) is 16.9. The minimum atomic E-state index is -3.74. The average molecular weight is 425 g/mol. The first-order valence-corrected chi connectivity index (χ1v) is 11.0. The summed E-state index contributed by atoms with van der Waals surface area (Å²) in [5.41, 5.74) is 2.66. The maximum Gasteiger partial charge on any atom is 0.256 e. The maximum atomic E-state index is 12.7. The number of carbonyl (C=O) groups is 1. The average Bonchev–Trinajstić information content (AvgIpc) is 2.74. The lowest BCUT2D eigenvalue weighted by molar-refractivity contribution is 0.102. The number of rotatable bonds is 8. The summed E-state index contributed by atoms with van der Waals surface area (Å²) in [6.45, 7) is 2.10. The van der Waals surface area contributed by atoms with Crippen LogP contribution in [0.15, 0.2) is 77.7 Å². The van der Waals surface area contributed by atoms with Gasteiger partial charge in [-0.15, -0.1) is 0 Å². The van der Waals surface area contributed by atoms with Crippen LogP contribution in [0.4, 0.5) is 5.69 Å². The van der Waals surface area contributed by atoms with Crippen molar-refractivity contribution in [3.8, 4) is 5.75 Å². The van der Waals surface area contributed by atoms with E-state index in [1.807, 2.05) is 49.4 Å². The third-order valence-electron chi connectivity index (χ3n) is 4.67. The van der Waals surface area contributed by atoms with Gasteiger partial charge in [0.05, 0.1) is 17.7 Å². The minimum Gasteiger partial charge on any atom is -0.495 e. The van der Waals surface area contributed by atoms with Gasteiger partial charge in [0.1, 0.15) is 5.75 Å².